The zero-order valence-corrected chi connectivity index (χ0v) is 44.0. The SMILES string of the molecule is CC(C)(C)c1ccnc(-n2c3ccc(C(C)(C)c4ccccc4)cc3c3ccc(Oc4cccc(N5CN(c6cc(-c7ccccc7)cc(C(C)(C)c7ccccc7)c6)c6ccc(C(C)(C)C)cc65)c4)cc32)c1. The van der Waals surface area contributed by atoms with Gasteiger partial charge in [0.2, 0.25) is 0 Å². The van der Waals surface area contributed by atoms with E-state index < -0.39 is 0 Å². The van der Waals surface area contributed by atoms with Gasteiger partial charge in [0.25, 0.3) is 0 Å². The molecule has 5 nitrogen and oxygen atoms in total. The quantitative estimate of drug-likeness (QED) is 0.137. The number of hydrogen-bond donors (Lipinski definition) is 0. The van der Waals surface area contributed by atoms with Crippen LogP contribution in [0.25, 0.3) is 38.8 Å². The number of benzene rings is 8. The van der Waals surface area contributed by atoms with Crippen molar-refractivity contribution in [3.8, 4) is 28.4 Å². The van der Waals surface area contributed by atoms with E-state index in [-0.39, 0.29) is 21.7 Å². The van der Waals surface area contributed by atoms with E-state index in [9.17, 15) is 0 Å². The van der Waals surface area contributed by atoms with Gasteiger partial charge in [0.1, 0.15) is 24.0 Å². The molecule has 0 bridgehead atoms. The second kappa shape index (κ2) is 18.0. The zero-order valence-electron chi connectivity index (χ0n) is 44.0. The Morgan fingerprint density at radius 3 is 1.68 bits per heavy atom. The van der Waals surface area contributed by atoms with Gasteiger partial charge < -0.3 is 14.5 Å². The molecular weight excluding hydrogens is 889 g/mol. The molecule has 0 N–H and O–H groups in total. The Hall–Kier alpha value is -7.89. The number of ether oxygens (including phenoxy) is 1. The predicted octanol–water partition coefficient (Wildman–Crippen LogP) is 18.1. The number of anilines is 4. The van der Waals surface area contributed by atoms with Crippen LogP contribution in [0, 0.1) is 0 Å². The van der Waals surface area contributed by atoms with Crippen LogP contribution in [-0.4, -0.2) is 16.2 Å². The summed E-state index contributed by atoms with van der Waals surface area (Å²) >= 11 is 0. The van der Waals surface area contributed by atoms with Crippen LogP contribution < -0.4 is 14.5 Å². The summed E-state index contributed by atoms with van der Waals surface area (Å²) in [6, 6.07) is 73.0. The average molecular weight is 955 g/mol. The van der Waals surface area contributed by atoms with Crippen molar-refractivity contribution in [3.05, 3.63) is 240 Å². The Morgan fingerprint density at radius 1 is 0.384 bits per heavy atom. The van der Waals surface area contributed by atoms with Gasteiger partial charge in [-0.05, 0) is 128 Å². The van der Waals surface area contributed by atoms with Crippen molar-refractivity contribution in [2.75, 3.05) is 16.5 Å². The molecule has 3 heterocycles. The molecule has 0 aliphatic carbocycles. The molecule has 1 aliphatic rings. The number of pyridine rings is 1. The van der Waals surface area contributed by atoms with Gasteiger partial charge in [-0.15, -0.1) is 0 Å². The molecule has 8 aromatic carbocycles. The first-order chi connectivity index (χ1) is 34.9. The van der Waals surface area contributed by atoms with Crippen molar-refractivity contribution in [2.24, 2.45) is 0 Å². The molecule has 0 atom stereocenters. The molecule has 10 aromatic rings. The van der Waals surface area contributed by atoms with Gasteiger partial charge in [0, 0.05) is 51.3 Å². The highest BCUT2D eigenvalue weighted by Crippen LogP contribution is 2.49. The van der Waals surface area contributed by atoms with Crippen molar-refractivity contribution in [2.45, 2.75) is 90.9 Å². The molecule has 0 fully saturated rings. The molecule has 0 amide bonds. The highest BCUT2D eigenvalue weighted by molar-refractivity contribution is 6.10. The fourth-order valence-electron chi connectivity index (χ4n) is 10.7. The lowest BCUT2D eigenvalue weighted by Crippen LogP contribution is -2.25. The Balaban J connectivity index is 0.995. The van der Waals surface area contributed by atoms with Gasteiger partial charge in [-0.1, -0.05) is 184 Å². The molecular formula is C68H66N4O. The van der Waals surface area contributed by atoms with E-state index >= 15 is 0 Å². The summed E-state index contributed by atoms with van der Waals surface area (Å²) in [6.07, 6.45) is 1.94. The van der Waals surface area contributed by atoms with Crippen LogP contribution in [0.5, 0.6) is 11.5 Å². The maximum absolute atomic E-state index is 6.95. The van der Waals surface area contributed by atoms with Crippen molar-refractivity contribution in [1.82, 2.24) is 9.55 Å². The summed E-state index contributed by atoms with van der Waals surface area (Å²) in [5, 5.41) is 2.34. The maximum atomic E-state index is 6.95. The summed E-state index contributed by atoms with van der Waals surface area (Å²) in [4.78, 5) is 9.94. The third kappa shape index (κ3) is 8.86. The van der Waals surface area contributed by atoms with E-state index in [0.29, 0.717) is 6.67 Å². The van der Waals surface area contributed by atoms with Crippen molar-refractivity contribution >= 4 is 44.6 Å². The minimum atomic E-state index is -0.239. The zero-order chi connectivity index (χ0) is 50.9. The summed E-state index contributed by atoms with van der Waals surface area (Å²) in [7, 11) is 0. The van der Waals surface area contributed by atoms with Gasteiger partial charge >= 0.3 is 0 Å². The lowest BCUT2D eigenvalue weighted by molar-refractivity contribution is 0.483. The molecule has 0 spiro atoms. The lowest BCUT2D eigenvalue weighted by Gasteiger charge is -2.29. The van der Waals surface area contributed by atoms with Gasteiger partial charge in [0.15, 0.2) is 0 Å². The molecule has 0 radical (unpaired) electrons. The third-order valence-corrected chi connectivity index (χ3v) is 15.4. The molecule has 1 aliphatic heterocycles. The largest absolute Gasteiger partial charge is 0.457 e. The smallest absolute Gasteiger partial charge is 0.137 e. The highest BCUT2D eigenvalue weighted by Gasteiger charge is 2.33. The Labute approximate surface area is 432 Å². The second-order valence-corrected chi connectivity index (χ2v) is 23.1. The standard InChI is InChI=1S/C68H66N4O/c1-65(2,3)50-29-34-61-63(41-50)70(45-71(61)55-38-47(46-21-14-11-15-22-46)37-53(39-55)68(9,10)49-25-18-13-19-26-49)54-27-20-28-56(43-54)73-57-31-32-58-59-40-52(67(7,8)48-23-16-12-17-24-48)30-33-60(59)72(62(58)44-57)64-42-51(35-36-69-64)66(4,5)6/h11-44H,45H2,1-10H3. The second-order valence-electron chi connectivity index (χ2n) is 23.1. The first kappa shape index (κ1) is 47.4. The van der Waals surface area contributed by atoms with E-state index in [1.165, 1.54) is 61.3 Å². The van der Waals surface area contributed by atoms with Gasteiger partial charge in [-0.25, -0.2) is 4.98 Å². The molecule has 2 aromatic heterocycles. The van der Waals surface area contributed by atoms with Crippen LogP contribution in [0.2, 0.25) is 0 Å². The molecule has 11 rings (SSSR count). The molecule has 364 valence electrons. The van der Waals surface area contributed by atoms with Crippen LogP contribution in [-0.2, 0) is 21.7 Å². The molecule has 0 saturated carbocycles. The monoisotopic (exact) mass is 955 g/mol. The first-order valence-corrected chi connectivity index (χ1v) is 25.8. The Morgan fingerprint density at radius 2 is 1.00 bits per heavy atom. The number of nitrogens with zero attached hydrogens (tertiary/aromatic N) is 4. The Bertz CT molecular complexity index is 3650. The fraction of sp³-hybridized carbons (Fsp3) is 0.221. The first-order valence-electron chi connectivity index (χ1n) is 25.8. The molecule has 0 saturated heterocycles. The van der Waals surface area contributed by atoms with Crippen molar-refractivity contribution < 1.29 is 4.74 Å². The summed E-state index contributed by atoms with van der Waals surface area (Å²) in [6.45, 7) is 23.6. The maximum Gasteiger partial charge on any atom is 0.137 e. The van der Waals surface area contributed by atoms with Crippen LogP contribution in [0.3, 0.4) is 0 Å². The van der Waals surface area contributed by atoms with Crippen molar-refractivity contribution in [1.29, 1.82) is 0 Å². The molecule has 0 unspecified atom stereocenters. The summed E-state index contributed by atoms with van der Waals surface area (Å²) in [5.74, 6) is 2.41. The number of fused-ring (bicyclic) bond motifs is 4. The van der Waals surface area contributed by atoms with Crippen LogP contribution in [0.15, 0.2) is 206 Å². The van der Waals surface area contributed by atoms with E-state index in [4.69, 9.17) is 9.72 Å². The minimum Gasteiger partial charge on any atom is -0.457 e. The van der Waals surface area contributed by atoms with E-state index in [1.54, 1.807) is 0 Å². The minimum absolute atomic E-state index is 0.0382. The van der Waals surface area contributed by atoms with E-state index in [0.717, 1.165) is 45.1 Å². The van der Waals surface area contributed by atoms with Crippen LogP contribution in [0.4, 0.5) is 22.7 Å². The van der Waals surface area contributed by atoms with Crippen molar-refractivity contribution in [3.63, 3.8) is 0 Å². The van der Waals surface area contributed by atoms with Crippen LogP contribution >= 0.6 is 0 Å². The van der Waals surface area contributed by atoms with Gasteiger partial charge in [-0.2, -0.15) is 0 Å². The Kier molecular flexibility index (Phi) is 11.7. The average Bonchev–Trinajstić information content (AvgIpc) is 3.94. The predicted molar refractivity (Wildman–Crippen MR) is 307 cm³/mol. The van der Waals surface area contributed by atoms with Crippen LogP contribution in [0.1, 0.15) is 103 Å². The normalized spacial score (nSPS) is 13.2. The molecule has 73 heavy (non-hydrogen) atoms. The topological polar surface area (TPSA) is 33.5 Å². The van der Waals surface area contributed by atoms with Gasteiger partial charge in [0.05, 0.1) is 22.4 Å². The summed E-state index contributed by atoms with van der Waals surface area (Å²) in [5.41, 5.74) is 16.2. The fourth-order valence-corrected chi connectivity index (χ4v) is 10.7. The number of hydrogen-bond acceptors (Lipinski definition) is 4. The summed E-state index contributed by atoms with van der Waals surface area (Å²) < 4.78 is 9.26. The van der Waals surface area contributed by atoms with E-state index in [1.807, 2.05) is 6.20 Å². The molecule has 5 heteroatoms. The van der Waals surface area contributed by atoms with E-state index in [2.05, 4.69) is 284 Å². The third-order valence-electron chi connectivity index (χ3n) is 15.4. The lowest BCUT2D eigenvalue weighted by atomic mass is 9.77. The number of rotatable bonds is 10. The number of aromatic nitrogens is 2. The highest BCUT2D eigenvalue weighted by atomic mass is 16.5. The van der Waals surface area contributed by atoms with Gasteiger partial charge in [-0.3, -0.25) is 4.57 Å².